The van der Waals surface area contributed by atoms with Crippen LogP contribution in [0.25, 0.3) is 0 Å². The molecule has 0 heterocycles. The van der Waals surface area contributed by atoms with Gasteiger partial charge in [0.1, 0.15) is 0 Å². The van der Waals surface area contributed by atoms with Gasteiger partial charge in [0.05, 0.1) is 0 Å². The summed E-state index contributed by atoms with van der Waals surface area (Å²) >= 11 is 5.60. The molecule has 0 radical (unpaired) electrons. The van der Waals surface area contributed by atoms with Gasteiger partial charge in [-0.1, -0.05) is 41.9 Å². The van der Waals surface area contributed by atoms with Gasteiger partial charge in [-0.2, -0.15) is 0 Å². The molecule has 0 aliphatic carbocycles. The molecule has 0 spiro atoms. The Balaban J connectivity index is 2.71. The second-order valence-corrected chi connectivity index (χ2v) is 3.11. The number of rotatable bonds is 3. The standard InChI is InChI=1S/C7H7ClO3S/c8-7(11-12(9)10)6-4-2-1-3-5-6/h1-5,7,12H. The van der Waals surface area contributed by atoms with Gasteiger partial charge in [0.2, 0.25) is 0 Å². The van der Waals surface area contributed by atoms with Crippen molar-refractivity contribution in [3.63, 3.8) is 0 Å². The Bertz CT molecular complexity index is 302. The molecule has 0 N–H and O–H groups in total. The number of benzene rings is 1. The first-order valence-electron chi connectivity index (χ1n) is 3.20. The molecular formula is C7H7ClO3S. The van der Waals surface area contributed by atoms with E-state index in [-0.39, 0.29) is 0 Å². The van der Waals surface area contributed by atoms with Gasteiger partial charge in [0.15, 0.2) is 5.56 Å². The van der Waals surface area contributed by atoms with Crippen molar-refractivity contribution in [1.82, 2.24) is 0 Å². The molecule has 0 saturated carbocycles. The topological polar surface area (TPSA) is 43.4 Å². The van der Waals surface area contributed by atoms with Gasteiger partial charge in [0.25, 0.3) is 11.0 Å². The van der Waals surface area contributed by atoms with Crippen LogP contribution in [0.3, 0.4) is 0 Å². The summed E-state index contributed by atoms with van der Waals surface area (Å²) in [4.78, 5) is 0. The zero-order valence-electron chi connectivity index (χ0n) is 6.01. The van der Waals surface area contributed by atoms with E-state index in [1.54, 1.807) is 24.3 Å². The van der Waals surface area contributed by atoms with Gasteiger partial charge >= 0.3 is 0 Å². The van der Waals surface area contributed by atoms with Crippen LogP contribution in [-0.4, -0.2) is 8.42 Å². The number of halogens is 1. The van der Waals surface area contributed by atoms with E-state index in [1.807, 2.05) is 6.07 Å². The third-order valence-corrected chi connectivity index (χ3v) is 2.09. The molecule has 0 bridgehead atoms. The van der Waals surface area contributed by atoms with Crippen molar-refractivity contribution in [2.45, 2.75) is 5.56 Å². The van der Waals surface area contributed by atoms with Crippen molar-refractivity contribution in [3.05, 3.63) is 35.9 Å². The average molecular weight is 207 g/mol. The van der Waals surface area contributed by atoms with Crippen LogP contribution in [0.5, 0.6) is 0 Å². The predicted molar refractivity (Wildman–Crippen MR) is 46.4 cm³/mol. The monoisotopic (exact) mass is 206 g/mol. The summed E-state index contributed by atoms with van der Waals surface area (Å²) in [6.45, 7) is 0. The molecular weight excluding hydrogens is 200 g/mol. The van der Waals surface area contributed by atoms with Crippen LogP contribution in [-0.2, 0) is 15.2 Å². The maximum Gasteiger partial charge on any atom is 0.258 e. The van der Waals surface area contributed by atoms with E-state index in [4.69, 9.17) is 11.6 Å². The SMILES string of the molecule is O=[SH](=O)OC(Cl)c1ccccc1. The van der Waals surface area contributed by atoms with Crippen LogP contribution in [0.4, 0.5) is 0 Å². The Labute approximate surface area is 77.1 Å². The molecule has 66 valence electrons. The Morgan fingerprint density at radius 2 is 1.83 bits per heavy atom. The predicted octanol–water partition coefficient (Wildman–Crippen LogP) is 1.47. The number of hydrogen-bond acceptors (Lipinski definition) is 3. The van der Waals surface area contributed by atoms with Crippen molar-refractivity contribution in [1.29, 1.82) is 0 Å². The molecule has 0 saturated heterocycles. The molecule has 0 aliphatic heterocycles. The summed E-state index contributed by atoms with van der Waals surface area (Å²) in [5.41, 5.74) is -0.300. The first-order chi connectivity index (χ1) is 5.70. The van der Waals surface area contributed by atoms with Crippen molar-refractivity contribution >= 4 is 22.6 Å². The lowest BCUT2D eigenvalue weighted by atomic mass is 10.2. The van der Waals surface area contributed by atoms with Gasteiger partial charge in [-0.25, -0.2) is 12.6 Å². The van der Waals surface area contributed by atoms with Crippen molar-refractivity contribution in [3.8, 4) is 0 Å². The molecule has 1 atom stereocenters. The molecule has 3 nitrogen and oxygen atoms in total. The summed E-state index contributed by atoms with van der Waals surface area (Å²) in [6.07, 6.45) is 0. The van der Waals surface area contributed by atoms with Crippen LogP contribution < -0.4 is 0 Å². The summed E-state index contributed by atoms with van der Waals surface area (Å²) in [6, 6.07) is 8.70. The normalized spacial score (nSPS) is 13.2. The molecule has 0 aliphatic rings. The summed E-state index contributed by atoms with van der Waals surface area (Å²) in [5.74, 6) is 0. The minimum absolute atomic E-state index is 0.623. The van der Waals surface area contributed by atoms with E-state index >= 15 is 0 Å². The van der Waals surface area contributed by atoms with Crippen LogP contribution in [0.1, 0.15) is 11.1 Å². The summed E-state index contributed by atoms with van der Waals surface area (Å²) in [5, 5.41) is 0. The van der Waals surface area contributed by atoms with E-state index < -0.39 is 16.5 Å². The van der Waals surface area contributed by atoms with Gasteiger partial charge in [-0.15, -0.1) is 0 Å². The lowest BCUT2D eigenvalue weighted by Gasteiger charge is -2.04. The Hall–Kier alpha value is -0.580. The Morgan fingerprint density at radius 1 is 1.25 bits per heavy atom. The molecule has 0 fully saturated rings. The van der Waals surface area contributed by atoms with Crippen LogP contribution in [0, 0.1) is 0 Å². The highest BCUT2D eigenvalue weighted by Gasteiger charge is 2.07. The molecule has 0 aromatic heterocycles. The zero-order chi connectivity index (χ0) is 8.97. The first kappa shape index (κ1) is 9.51. The highest BCUT2D eigenvalue weighted by atomic mass is 35.5. The van der Waals surface area contributed by atoms with Gasteiger partial charge < -0.3 is 0 Å². The largest absolute Gasteiger partial charge is 0.258 e. The molecule has 1 aromatic carbocycles. The highest BCUT2D eigenvalue weighted by molar-refractivity contribution is 7.67. The molecule has 1 rings (SSSR count). The third kappa shape index (κ3) is 2.81. The fourth-order valence-corrected chi connectivity index (χ4v) is 1.35. The Morgan fingerprint density at radius 3 is 2.33 bits per heavy atom. The van der Waals surface area contributed by atoms with Crippen molar-refractivity contribution in [2.24, 2.45) is 0 Å². The second-order valence-electron chi connectivity index (χ2n) is 2.06. The van der Waals surface area contributed by atoms with Crippen LogP contribution in [0.15, 0.2) is 30.3 Å². The third-order valence-electron chi connectivity index (χ3n) is 1.24. The quantitative estimate of drug-likeness (QED) is 0.602. The first-order valence-corrected chi connectivity index (χ1v) is 4.73. The maximum atomic E-state index is 10.1. The molecule has 0 amide bonds. The number of hydrogen-bond donors (Lipinski definition) is 1. The molecule has 12 heavy (non-hydrogen) atoms. The fraction of sp³-hybridized carbons (Fsp3) is 0.143. The lowest BCUT2D eigenvalue weighted by Crippen LogP contribution is -1.94. The summed E-state index contributed by atoms with van der Waals surface area (Å²) in [7, 11) is -2.90. The summed E-state index contributed by atoms with van der Waals surface area (Å²) < 4.78 is 24.6. The van der Waals surface area contributed by atoms with Gasteiger partial charge in [-0.05, 0) is 5.56 Å². The number of alkyl halides is 1. The lowest BCUT2D eigenvalue weighted by molar-refractivity contribution is 0.306. The minimum atomic E-state index is -2.90. The van der Waals surface area contributed by atoms with E-state index in [9.17, 15) is 8.42 Å². The minimum Gasteiger partial charge on any atom is -0.248 e. The van der Waals surface area contributed by atoms with Crippen LogP contribution in [0.2, 0.25) is 0 Å². The second kappa shape index (κ2) is 4.45. The van der Waals surface area contributed by atoms with Crippen LogP contribution >= 0.6 is 11.6 Å². The van der Waals surface area contributed by atoms with Crippen molar-refractivity contribution in [2.75, 3.05) is 0 Å². The van der Waals surface area contributed by atoms with Gasteiger partial charge in [-0.3, -0.25) is 0 Å². The maximum absolute atomic E-state index is 10.1. The average Bonchev–Trinajstić information content (AvgIpc) is 2.05. The molecule has 5 heteroatoms. The smallest absolute Gasteiger partial charge is 0.248 e. The van der Waals surface area contributed by atoms with Crippen molar-refractivity contribution < 1.29 is 12.6 Å². The highest BCUT2D eigenvalue weighted by Crippen LogP contribution is 2.20. The van der Waals surface area contributed by atoms with E-state index in [0.29, 0.717) is 5.56 Å². The Kier molecular flexibility index (Phi) is 3.52. The van der Waals surface area contributed by atoms with E-state index in [2.05, 4.69) is 4.18 Å². The van der Waals surface area contributed by atoms with Gasteiger partial charge in [0, 0.05) is 0 Å². The molecule has 1 unspecified atom stereocenters. The zero-order valence-corrected chi connectivity index (χ0v) is 7.66. The fourth-order valence-electron chi connectivity index (χ4n) is 0.741. The van der Waals surface area contributed by atoms with E-state index in [1.165, 1.54) is 0 Å². The number of thiol groups is 1. The van der Waals surface area contributed by atoms with E-state index in [0.717, 1.165) is 0 Å². The molecule has 1 aromatic rings.